The molecule has 0 aliphatic heterocycles. The van der Waals surface area contributed by atoms with Gasteiger partial charge in [0.25, 0.3) is 0 Å². The Morgan fingerprint density at radius 3 is 2.52 bits per heavy atom. The first-order valence-corrected chi connectivity index (χ1v) is 8.00. The number of carbonyl (C=O) groups excluding carboxylic acids is 1. The molecule has 0 N–H and O–H groups in total. The first-order chi connectivity index (χ1) is 10.9. The number of Topliss-reactive ketones (excluding diaryl/α,β-unsaturated/α-hetero) is 1. The number of benzene rings is 2. The van der Waals surface area contributed by atoms with Crippen molar-refractivity contribution >= 4 is 11.4 Å². The quantitative estimate of drug-likeness (QED) is 0.776. The molecule has 0 unspecified atom stereocenters. The number of allylic oxidation sites excluding steroid dienone is 2. The van der Waals surface area contributed by atoms with E-state index in [2.05, 4.69) is 39.0 Å². The van der Waals surface area contributed by atoms with Gasteiger partial charge in [0.2, 0.25) is 0 Å². The third kappa shape index (κ3) is 1.84. The Labute approximate surface area is 136 Å². The SMILES string of the molecule is COc1ccc2c(c1)C(C)(C)C1=C(C2=O)c2ccc(C)cc2C1. The number of methoxy groups -OCH3 is 1. The minimum Gasteiger partial charge on any atom is -0.497 e. The van der Waals surface area contributed by atoms with Gasteiger partial charge < -0.3 is 4.74 Å². The average molecular weight is 304 g/mol. The molecule has 2 heteroatoms. The Morgan fingerprint density at radius 1 is 1.04 bits per heavy atom. The molecular weight excluding hydrogens is 284 g/mol. The summed E-state index contributed by atoms with van der Waals surface area (Å²) in [5.74, 6) is 0.958. The lowest BCUT2D eigenvalue weighted by molar-refractivity contribution is 0.105. The highest BCUT2D eigenvalue weighted by molar-refractivity contribution is 6.33. The van der Waals surface area contributed by atoms with Crippen LogP contribution in [0.5, 0.6) is 5.75 Å². The van der Waals surface area contributed by atoms with Crippen molar-refractivity contribution in [2.24, 2.45) is 0 Å². The van der Waals surface area contributed by atoms with Gasteiger partial charge in [0, 0.05) is 16.6 Å². The Bertz CT molecular complexity index is 885. The lowest BCUT2D eigenvalue weighted by atomic mass is 9.68. The third-order valence-electron chi connectivity index (χ3n) is 5.33. The molecule has 0 bridgehead atoms. The average Bonchev–Trinajstić information content (AvgIpc) is 2.92. The molecule has 2 aliphatic carbocycles. The highest BCUT2D eigenvalue weighted by atomic mass is 16.5. The number of fused-ring (bicyclic) bond motifs is 3. The van der Waals surface area contributed by atoms with Gasteiger partial charge in [-0.15, -0.1) is 0 Å². The van der Waals surface area contributed by atoms with Gasteiger partial charge in [-0.1, -0.05) is 37.6 Å². The summed E-state index contributed by atoms with van der Waals surface area (Å²) in [6.07, 6.45) is 0.863. The summed E-state index contributed by atoms with van der Waals surface area (Å²) >= 11 is 0. The number of ether oxygens (including phenoxy) is 1. The van der Waals surface area contributed by atoms with Crippen molar-refractivity contribution < 1.29 is 9.53 Å². The van der Waals surface area contributed by atoms with Crippen LogP contribution in [0.15, 0.2) is 42.0 Å². The minimum absolute atomic E-state index is 0.152. The monoisotopic (exact) mass is 304 g/mol. The van der Waals surface area contributed by atoms with Crippen molar-refractivity contribution in [1.82, 2.24) is 0 Å². The second-order valence-corrected chi connectivity index (χ2v) is 7.06. The smallest absolute Gasteiger partial charge is 0.193 e. The summed E-state index contributed by atoms with van der Waals surface area (Å²) in [5, 5.41) is 0. The molecule has 0 amide bonds. The Hall–Kier alpha value is -2.35. The van der Waals surface area contributed by atoms with Crippen LogP contribution in [0.2, 0.25) is 0 Å². The fraction of sp³-hybridized carbons (Fsp3) is 0.286. The molecular formula is C21H20O2. The molecule has 0 heterocycles. The summed E-state index contributed by atoms with van der Waals surface area (Å²) in [6.45, 7) is 6.53. The van der Waals surface area contributed by atoms with Gasteiger partial charge in [-0.25, -0.2) is 0 Å². The van der Waals surface area contributed by atoms with Crippen molar-refractivity contribution in [3.63, 3.8) is 0 Å². The van der Waals surface area contributed by atoms with Crippen LogP contribution in [0.25, 0.3) is 5.57 Å². The number of ketones is 1. The van der Waals surface area contributed by atoms with E-state index >= 15 is 0 Å². The molecule has 0 saturated carbocycles. The molecule has 2 nitrogen and oxygen atoms in total. The molecule has 0 atom stereocenters. The van der Waals surface area contributed by atoms with Crippen LogP contribution in [0.4, 0.5) is 0 Å². The van der Waals surface area contributed by atoms with Crippen LogP contribution in [-0.2, 0) is 11.8 Å². The fourth-order valence-electron chi connectivity index (χ4n) is 4.01. The largest absolute Gasteiger partial charge is 0.497 e. The fourth-order valence-corrected chi connectivity index (χ4v) is 4.01. The second-order valence-electron chi connectivity index (χ2n) is 7.06. The van der Waals surface area contributed by atoms with E-state index < -0.39 is 0 Å². The molecule has 2 aliphatic rings. The Morgan fingerprint density at radius 2 is 1.78 bits per heavy atom. The minimum atomic E-state index is -0.167. The molecule has 116 valence electrons. The van der Waals surface area contributed by atoms with E-state index in [1.165, 1.54) is 16.7 Å². The predicted molar refractivity (Wildman–Crippen MR) is 92.2 cm³/mol. The third-order valence-corrected chi connectivity index (χ3v) is 5.33. The Balaban J connectivity index is 1.96. The van der Waals surface area contributed by atoms with E-state index in [0.29, 0.717) is 0 Å². The summed E-state index contributed by atoms with van der Waals surface area (Å²) in [7, 11) is 1.66. The van der Waals surface area contributed by atoms with E-state index in [1.807, 2.05) is 18.2 Å². The number of aryl methyl sites for hydroxylation is 1. The van der Waals surface area contributed by atoms with Crippen LogP contribution < -0.4 is 4.74 Å². The van der Waals surface area contributed by atoms with Crippen LogP contribution in [0, 0.1) is 6.92 Å². The molecule has 23 heavy (non-hydrogen) atoms. The van der Waals surface area contributed by atoms with E-state index in [9.17, 15) is 4.79 Å². The molecule has 4 rings (SSSR count). The highest BCUT2D eigenvalue weighted by Crippen LogP contribution is 2.50. The molecule has 2 aromatic carbocycles. The van der Waals surface area contributed by atoms with Gasteiger partial charge in [0.05, 0.1) is 7.11 Å². The molecule has 0 saturated heterocycles. The summed E-state index contributed by atoms with van der Waals surface area (Å²) in [6, 6.07) is 12.2. The normalized spacial score (nSPS) is 17.7. The topological polar surface area (TPSA) is 26.3 Å². The first-order valence-electron chi connectivity index (χ1n) is 8.00. The maximum absolute atomic E-state index is 13.1. The number of rotatable bonds is 1. The molecule has 0 radical (unpaired) electrons. The summed E-state index contributed by atoms with van der Waals surface area (Å²) in [4.78, 5) is 13.1. The van der Waals surface area contributed by atoms with Gasteiger partial charge in [0.15, 0.2) is 5.78 Å². The van der Waals surface area contributed by atoms with E-state index in [0.717, 1.165) is 34.4 Å². The lowest BCUT2D eigenvalue weighted by Crippen LogP contribution is -2.29. The van der Waals surface area contributed by atoms with Crippen molar-refractivity contribution in [3.8, 4) is 5.75 Å². The van der Waals surface area contributed by atoms with Crippen molar-refractivity contribution in [1.29, 1.82) is 0 Å². The van der Waals surface area contributed by atoms with Gasteiger partial charge in [-0.3, -0.25) is 4.79 Å². The summed E-state index contributed by atoms with van der Waals surface area (Å²) in [5.41, 5.74) is 7.51. The molecule has 0 spiro atoms. The van der Waals surface area contributed by atoms with Crippen molar-refractivity contribution in [2.75, 3.05) is 7.11 Å². The van der Waals surface area contributed by atoms with Crippen LogP contribution in [-0.4, -0.2) is 12.9 Å². The number of hydrogen-bond donors (Lipinski definition) is 0. The van der Waals surface area contributed by atoms with Crippen molar-refractivity contribution in [2.45, 2.75) is 32.6 Å². The first kappa shape index (κ1) is 14.3. The predicted octanol–water partition coefficient (Wildman–Crippen LogP) is 4.49. The van der Waals surface area contributed by atoms with Crippen LogP contribution in [0.3, 0.4) is 0 Å². The van der Waals surface area contributed by atoms with Gasteiger partial charge in [0.1, 0.15) is 5.75 Å². The van der Waals surface area contributed by atoms with Gasteiger partial charge in [-0.2, -0.15) is 0 Å². The highest BCUT2D eigenvalue weighted by Gasteiger charge is 2.42. The van der Waals surface area contributed by atoms with Gasteiger partial charge in [-0.05, 0) is 53.8 Å². The standard InChI is InChI=1S/C21H20O2/c1-12-5-7-15-13(9-12)10-18-19(15)20(22)16-8-6-14(23-4)11-17(16)21(18,2)3/h5-9,11H,10H2,1-4H3. The van der Waals surface area contributed by atoms with Crippen molar-refractivity contribution in [3.05, 3.63) is 69.8 Å². The van der Waals surface area contributed by atoms with E-state index in [4.69, 9.17) is 4.74 Å². The number of hydrogen-bond acceptors (Lipinski definition) is 2. The van der Waals surface area contributed by atoms with Crippen LogP contribution >= 0.6 is 0 Å². The zero-order chi connectivity index (χ0) is 16.4. The van der Waals surface area contributed by atoms with E-state index in [-0.39, 0.29) is 11.2 Å². The Kier molecular flexibility index (Phi) is 2.84. The second kappa shape index (κ2) is 4.58. The lowest BCUT2D eigenvalue weighted by Gasteiger charge is -2.34. The van der Waals surface area contributed by atoms with E-state index in [1.54, 1.807) is 7.11 Å². The maximum atomic E-state index is 13.1. The van der Waals surface area contributed by atoms with Gasteiger partial charge >= 0.3 is 0 Å². The zero-order valence-corrected chi connectivity index (χ0v) is 14.0. The molecule has 0 fully saturated rings. The zero-order valence-electron chi connectivity index (χ0n) is 14.0. The molecule has 2 aromatic rings. The molecule has 0 aromatic heterocycles. The maximum Gasteiger partial charge on any atom is 0.193 e. The number of carbonyl (C=O) groups is 1. The summed E-state index contributed by atoms with van der Waals surface area (Å²) < 4.78 is 5.37. The van der Waals surface area contributed by atoms with Crippen LogP contribution in [0.1, 0.15) is 46.5 Å².